The molecule has 1 fully saturated rings. The maximum Gasteiger partial charge on any atom is 0.250 e. The summed E-state index contributed by atoms with van der Waals surface area (Å²) in [5.74, 6) is 1.50. The Bertz CT molecular complexity index is 3050. The van der Waals surface area contributed by atoms with E-state index < -0.39 is 0 Å². The summed E-state index contributed by atoms with van der Waals surface area (Å²) in [5.41, 5.74) is 27.7. The summed E-state index contributed by atoms with van der Waals surface area (Å²) in [4.78, 5) is 0. The maximum absolute atomic E-state index is 2.86. The molecule has 63 heavy (non-hydrogen) atoms. The third-order valence-corrected chi connectivity index (χ3v) is 16.8. The molecule has 0 saturated heterocycles. The molecule has 2 bridgehead atoms. The lowest BCUT2D eigenvalue weighted by atomic mass is 9.29. The van der Waals surface area contributed by atoms with Gasteiger partial charge in [-0.2, -0.15) is 0 Å². The number of rotatable bonds is 6. The third-order valence-electron chi connectivity index (χ3n) is 16.8. The largest absolute Gasteiger partial charge is 0.297 e. The van der Waals surface area contributed by atoms with Gasteiger partial charge < -0.3 is 0 Å². The zero-order chi connectivity index (χ0) is 43.8. The Kier molecular flexibility index (Phi) is 8.27. The average Bonchev–Trinajstić information content (AvgIpc) is 3.71. The van der Waals surface area contributed by atoms with Crippen LogP contribution in [0.15, 0.2) is 91.0 Å². The summed E-state index contributed by atoms with van der Waals surface area (Å²) < 4.78 is 8.57. The van der Waals surface area contributed by atoms with Gasteiger partial charge in [-0.3, -0.25) is 13.4 Å². The molecule has 5 aliphatic rings. The molecule has 2 aliphatic heterocycles. The molecule has 0 N–H and O–H groups in total. The second-order valence-corrected chi connectivity index (χ2v) is 22.3. The number of aryl methyl sites for hydroxylation is 2. The van der Waals surface area contributed by atoms with Gasteiger partial charge in [0.05, 0.1) is 22.4 Å². The molecule has 8 aromatic rings. The Balaban J connectivity index is 1.43. The van der Waals surface area contributed by atoms with Crippen molar-refractivity contribution in [1.29, 1.82) is 0 Å². The predicted octanol–water partition coefficient (Wildman–Crippen LogP) is 10.7. The Morgan fingerprint density at radius 2 is 0.810 bits per heavy atom. The lowest BCUT2D eigenvalue weighted by Gasteiger charge is -2.51. The van der Waals surface area contributed by atoms with Crippen LogP contribution in [0.2, 0.25) is 0 Å². The van der Waals surface area contributed by atoms with Crippen LogP contribution >= 0.6 is 0 Å². The SMILES string of the molecule is Cc1cc(C(C)C)c(B2c3cccc4c3-n3c5c2c2ccccc2n5c2c(n5c6ccccc6c(c35)B4c3c(C(C)C)cc(C)cc3C(C)C)C3(C)CCC2(C)CC3)c(C(C)C)c1. The topological polar surface area (TPSA) is 13.8 Å². The molecule has 0 atom stereocenters. The van der Waals surface area contributed by atoms with Gasteiger partial charge in [0.25, 0.3) is 0 Å². The standard InChI is InChI=1S/C58H63B2N3/c1-32(2)40-28-36(9)29-41(33(3)4)48(40)59-44-20-17-21-45-52(44)63-55-50(59)38-18-13-15-22-46(38)61(55)53-54(58(12)26-24-57(53,11)25-27-58)62-47-23-16-14-19-39(47)51(56(62)63)60(45)49-42(34(5)6)30-37(10)31-43(49)35(7)8/h13-23,28-35H,24-27H2,1-12H3. The zero-order valence-corrected chi connectivity index (χ0v) is 39.8. The van der Waals surface area contributed by atoms with E-state index in [2.05, 4.69) is 187 Å². The van der Waals surface area contributed by atoms with Crippen molar-refractivity contribution in [3.05, 3.63) is 136 Å². The van der Waals surface area contributed by atoms with Gasteiger partial charge in [-0.1, -0.05) is 170 Å². The van der Waals surface area contributed by atoms with Crippen LogP contribution in [-0.2, 0) is 10.8 Å². The molecular weight excluding hydrogens is 760 g/mol. The van der Waals surface area contributed by atoms with Crippen LogP contribution < -0.4 is 32.8 Å². The van der Waals surface area contributed by atoms with Gasteiger partial charge in [0, 0.05) is 16.5 Å². The van der Waals surface area contributed by atoms with Crippen molar-refractivity contribution in [2.75, 3.05) is 0 Å². The van der Waals surface area contributed by atoms with Gasteiger partial charge in [-0.15, -0.1) is 0 Å². The molecule has 3 nitrogen and oxygen atoms in total. The van der Waals surface area contributed by atoms with Crippen LogP contribution in [0.1, 0.15) is 163 Å². The molecule has 0 amide bonds. The van der Waals surface area contributed by atoms with Crippen molar-refractivity contribution >= 4 is 79.3 Å². The maximum atomic E-state index is 2.86. The summed E-state index contributed by atoms with van der Waals surface area (Å²) in [6, 6.07) is 36.7. The van der Waals surface area contributed by atoms with E-state index >= 15 is 0 Å². The predicted molar refractivity (Wildman–Crippen MR) is 273 cm³/mol. The molecule has 1 saturated carbocycles. The number of nitrogens with zero attached hydrogens (tertiary/aromatic N) is 3. The Hall–Kier alpha value is -5.15. The lowest BCUT2D eigenvalue weighted by molar-refractivity contribution is 0.174. The number of benzene rings is 5. The fourth-order valence-electron chi connectivity index (χ4n) is 13.9. The second kappa shape index (κ2) is 13.2. The zero-order valence-electron chi connectivity index (χ0n) is 39.8. The summed E-state index contributed by atoms with van der Waals surface area (Å²) >= 11 is 0. The van der Waals surface area contributed by atoms with E-state index in [4.69, 9.17) is 0 Å². The van der Waals surface area contributed by atoms with Gasteiger partial charge in [-0.25, -0.2) is 0 Å². The molecule has 0 spiro atoms. The molecular formula is C58H63B2N3. The summed E-state index contributed by atoms with van der Waals surface area (Å²) in [7, 11) is 0. The summed E-state index contributed by atoms with van der Waals surface area (Å²) in [6.45, 7) is 29.4. The van der Waals surface area contributed by atoms with E-state index in [1.54, 1.807) is 11.4 Å². The number of hydrogen-bond acceptors (Lipinski definition) is 0. The first kappa shape index (κ1) is 39.4. The Labute approximate surface area is 375 Å². The van der Waals surface area contributed by atoms with Crippen LogP contribution in [0.4, 0.5) is 0 Å². The molecule has 13 rings (SSSR count). The molecule has 5 heterocycles. The molecule has 316 valence electrons. The smallest absolute Gasteiger partial charge is 0.250 e. The molecule has 3 aliphatic carbocycles. The van der Waals surface area contributed by atoms with Crippen molar-refractivity contribution in [3.8, 4) is 5.69 Å². The normalized spacial score (nSPS) is 19.8. The first-order valence-corrected chi connectivity index (χ1v) is 24.4. The average molecular weight is 824 g/mol. The van der Waals surface area contributed by atoms with Crippen LogP contribution in [0.25, 0.3) is 38.8 Å². The number of hydrogen-bond donors (Lipinski definition) is 0. The molecule has 3 aromatic heterocycles. The van der Waals surface area contributed by atoms with Crippen LogP contribution in [-0.4, -0.2) is 26.8 Å². The van der Waals surface area contributed by atoms with Crippen molar-refractivity contribution in [3.63, 3.8) is 0 Å². The van der Waals surface area contributed by atoms with Gasteiger partial charge in [0.1, 0.15) is 11.3 Å². The number of fused-ring (bicyclic) bond motifs is 8. The van der Waals surface area contributed by atoms with Gasteiger partial charge >= 0.3 is 0 Å². The van der Waals surface area contributed by atoms with Crippen LogP contribution in [0.5, 0.6) is 0 Å². The van der Waals surface area contributed by atoms with E-state index in [9.17, 15) is 0 Å². The van der Waals surface area contributed by atoms with E-state index in [1.807, 2.05) is 0 Å². The van der Waals surface area contributed by atoms with Crippen molar-refractivity contribution in [2.24, 2.45) is 0 Å². The van der Waals surface area contributed by atoms with Crippen molar-refractivity contribution in [1.82, 2.24) is 13.4 Å². The van der Waals surface area contributed by atoms with Gasteiger partial charge in [0.15, 0.2) is 0 Å². The van der Waals surface area contributed by atoms with Crippen molar-refractivity contribution < 1.29 is 0 Å². The fourth-order valence-corrected chi connectivity index (χ4v) is 13.9. The highest BCUT2D eigenvalue weighted by Crippen LogP contribution is 2.57. The third kappa shape index (κ3) is 5.01. The molecule has 0 unspecified atom stereocenters. The van der Waals surface area contributed by atoms with Crippen molar-refractivity contribution in [2.45, 2.75) is 143 Å². The first-order chi connectivity index (χ1) is 30.1. The van der Waals surface area contributed by atoms with E-state index in [-0.39, 0.29) is 24.3 Å². The van der Waals surface area contributed by atoms with Crippen LogP contribution in [0.3, 0.4) is 0 Å². The monoisotopic (exact) mass is 824 g/mol. The summed E-state index contributed by atoms with van der Waals surface area (Å²) in [6.07, 6.45) is 4.85. The van der Waals surface area contributed by atoms with E-state index in [0.717, 1.165) is 0 Å². The fraction of sp³-hybridized carbons (Fsp3) is 0.379. The number of aromatic nitrogens is 3. The minimum Gasteiger partial charge on any atom is -0.297 e. The quantitative estimate of drug-likeness (QED) is 0.148. The number of para-hydroxylation sites is 3. The lowest BCUT2D eigenvalue weighted by Crippen LogP contribution is -2.65. The molecule has 5 heteroatoms. The second-order valence-electron chi connectivity index (χ2n) is 22.3. The van der Waals surface area contributed by atoms with Crippen LogP contribution in [0, 0.1) is 13.8 Å². The minimum atomic E-state index is 0.0346. The van der Waals surface area contributed by atoms with E-state index in [0.29, 0.717) is 23.7 Å². The van der Waals surface area contributed by atoms with Gasteiger partial charge in [-0.05, 0) is 130 Å². The Morgan fingerprint density at radius 3 is 1.16 bits per heavy atom. The highest BCUT2D eigenvalue weighted by atomic mass is 15.2. The molecule has 0 radical (unpaired) electrons. The molecule has 5 aromatic carbocycles. The highest BCUT2D eigenvalue weighted by molar-refractivity contribution is 7.03. The minimum absolute atomic E-state index is 0.0346. The summed E-state index contributed by atoms with van der Waals surface area (Å²) in [5, 5.41) is 2.80. The Morgan fingerprint density at radius 1 is 0.460 bits per heavy atom. The van der Waals surface area contributed by atoms with Gasteiger partial charge in [0.2, 0.25) is 13.4 Å². The first-order valence-electron chi connectivity index (χ1n) is 24.4. The highest BCUT2D eigenvalue weighted by Gasteiger charge is 2.54. The van der Waals surface area contributed by atoms with E-state index in [1.165, 1.54) is 131 Å².